The molecular formula is C15H8Cl2N4OS. The number of hydrogen-bond acceptors (Lipinski definition) is 5. The van der Waals surface area contributed by atoms with E-state index in [2.05, 4.69) is 5.10 Å². The Morgan fingerprint density at radius 2 is 2.04 bits per heavy atom. The van der Waals surface area contributed by atoms with Crippen molar-refractivity contribution in [3.8, 4) is 16.5 Å². The van der Waals surface area contributed by atoms with E-state index in [4.69, 9.17) is 34.2 Å². The molecule has 114 valence electrons. The Hall–Kier alpha value is -2.33. The van der Waals surface area contributed by atoms with Crippen LogP contribution in [0.4, 0.5) is 5.82 Å². The van der Waals surface area contributed by atoms with Gasteiger partial charge in [-0.05, 0) is 29.8 Å². The number of carbonyl (C=O) groups is 1. The molecule has 0 aliphatic rings. The molecule has 0 amide bonds. The first kappa shape index (κ1) is 15.6. The van der Waals surface area contributed by atoms with Crippen LogP contribution in [0, 0.1) is 11.3 Å². The zero-order valence-corrected chi connectivity index (χ0v) is 13.8. The number of nitrogen functional groups attached to an aromatic ring is 1. The van der Waals surface area contributed by atoms with E-state index < -0.39 is 0 Å². The van der Waals surface area contributed by atoms with Gasteiger partial charge in [-0.1, -0.05) is 29.3 Å². The molecule has 3 rings (SSSR count). The molecular weight excluding hydrogens is 355 g/mol. The second kappa shape index (κ2) is 6.05. The van der Waals surface area contributed by atoms with Crippen LogP contribution >= 0.6 is 34.5 Å². The largest absolute Gasteiger partial charge is 0.382 e. The van der Waals surface area contributed by atoms with Crippen molar-refractivity contribution in [2.45, 2.75) is 0 Å². The lowest BCUT2D eigenvalue weighted by molar-refractivity contribution is 0.0952. The molecule has 0 aliphatic carbocycles. The van der Waals surface area contributed by atoms with Gasteiger partial charge in [0.1, 0.15) is 17.5 Å². The van der Waals surface area contributed by atoms with Crippen LogP contribution < -0.4 is 5.73 Å². The van der Waals surface area contributed by atoms with Crippen molar-refractivity contribution in [3.05, 3.63) is 57.0 Å². The lowest BCUT2D eigenvalue weighted by atomic mass is 10.2. The van der Waals surface area contributed by atoms with Gasteiger partial charge in [-0.25, -0.2) is 0 Å². The van der Waals surface area contributed by atoms with Crippen LogP contribution in [-0.2, 0) is 0 Å². The third-order valence-electron chi connectivity index (χ3n) is 3.14. The molecule has 0 saturated carbocycles. The summed E-state index contributed by atoms with van der Waals surface area (Å²) in [7, 11) is 0. The summed E-state index contributed by atoms with van der Waals surface area (Å²) in [6.45, 7) is 0. The van der Waals surface area contributed by atoms with Gasteiger partial charge in [0, 0.05) is 4.88 Å². The summed E-state index contributed by atoms with van der Waals surface area (Å²) >= 11 is 13.2. The van der Waals surface area contributed by atoms with Gasteiger partial charge in [0.15, 0.2) is 0 Å². The van der Waals surface area contributed by atoms with Crippen molar-refractivity contribution < 1.29 is 4.79 Å². The molecule has 23 heavy (non-hydrogen) atoms. The highest BCUT2D eigenvalue weighted by Gasteiger charge is 2.18. The topological polar surface area (TPSA) is 84.7 Å². The molecule has 1 aromatic carbocycles. The molecule has 0 atom stereocenters. The maximum atomic E-state index is 12.4. The molecule has 2 N–H and O–H groups in total. The highest BCUT2D eigenvalue weighted by atomic mass is 35.5. The zero-order valence-electron chi connectivity index (χ0n) is 11.5. The molecule has 0 fully saturated rings. The monoisotopic (exact) mass is 362 g/mol. The van der Waals surface area contributed by atoms with Crippen LogP contribution in [0.5, 0.6) is 0 Å². The minimum Gasteiger partial charge on any atom is -0.382 e. The number of thiophene rings is 1. The molecule has 8 heteroatoms. The highest BCUT2D eigenvalue weighted by Crippen LogP contribution is 2.33. The van der Waals surface area contributed by atoms with Crippen molar-refractivity contribution in [3.63, 3.8) is 0 Å². The van der Waals surface area contributed by atoms with E-state index in [1.54, 1.807) is 18.2 Å². The molecule has 0 saturated heterocycles. The summed E-state index contributed by atoms with van der Waals surface area (Å²) in [4.78, 5) is 13.7. The molecule has 5 nitrogen and oxygen atoms in total. The van der Waals surface area contributed by atoms with E-state index in [1.165, 1.54) is 17.5 Å². The first-order chi connectivity index (χ1) is 11.0. The molecule has 2 heterocycles. The van der Waals surface area contributed by atoms with Crippen LogP contribution in [0.25, 0.3) is 10.4 Å². The first-order valence-corrected chi connectivity index (χ1v) is 7.92. The predicted molar refractivity (Wildman–Crippen MR) is 90.9 cm³/mol. The van der Waals surface area contributed by atoms with Crippen LogP contribution in [0.2, 0.25) is 10.0 Å². The lowest BCUT2D eigenvalue weighted by Gasteiger charge is -2.01. The Morgan fingerprint density at radius 3 is 2.70 bits per heavy atom. The standard InChI is InChI=1S/C15H8Cl2N4OS/c16-10-2-1-8(5-11(10)17)12-3-4-13(23-12)15(22)21-14(19)9(6-18)7-20-21/h1-5,7H,19H2. The van der Waals surface area contributed by atoms with Crippen LogP contribution in [0.15, 0.2) is 36.5 Å². The minimum absolute atomic E-state index is 0.0296. The van der Waals surface area contributed by atoms with Gasteiger partial charge < -0.3 is 5.73 Å². The number of carbonyl (C=O) groups excluding carboxylic acids is 1. The smallest absolute Gasteiger partial charge is 0.290 e. The summed E-state index contributed by atoms with van der Waals surface area (Å²) in [5, 5.41) is 13.6. The average Bonchev–Trinajstić information content (AvgIpc) is 3.16. The number of nitriles is 1. The van der Waals surface area contributed by atoms with E-state index in [1.807, 2.05) is 18.2 Å². The SMILES string of the molecule is N#Cc1cnn(C(=O)c2ccc(-c3ccc(Cl)c(Cl)c3)s2)c1N. The summed E-state index contributed by atoms with van der Waals surface area (Å²) in [6.07, 6.45) is 1.26. The third-order valence-corrected chi connectivity index (χ3v) is 5.00. The Balaban J connectivity index is 1.95. The fourth-order valence-corrected chi connectivity index (χ4v) is 3.19. The molecule has 0 unspecified atom stereocenters. The van der Waals surface area contributed by atoms with Gasteiger partial charge in [-0.15, -0.1) is 11.3 Å². The number of nitrogens with zero attached hydrogens (tertiary/aromatic N) is 3. The molecule has 0 bridgehead atoms. The van der Waals surface area contributed by atoms with Crippen molar-refractivity contribution in [2.75, 3.05) is 5.73 Å². The van der Waals surface area contributed by atoms with E-state index in [0.717, 1.165) is 15.1 Å². The number of aromatic nitrogens is 2. The number of benzene rings is 1. The van der Waals surface area contributed by atoms with Gasteiger partial charge in [0.25, 0.3) is 5.91 Å². The first-order valence-electron chi connectivity index (χ1n) is 6.35. The molecule has 2 aromatic heterocycles. The second-order valence-corrected chi connectivity index (χ2v) is 6.46. The Bertz CT molecular complexity index is 955. The highest BCUT2D eigenvalue weighted by molar-refractivity contribution is 7.17. The maximum absolute atomic E-state index is 12.4. The van der Waals surface area contributed by atoms with E-state index in [0.29, 0.717) is 14.9 Å². The van der Waals surface area contributed by atoms with Crippen molar-refractivity contribution in [2.24, 2.45) is 0 Å². The Labute approximate surface area is 145 Å². The quantitative estimate of drug-likeness (QED) is 0.744. The Kier molecular flexibility index (Phi) is 4.09. The second-order valence-electron chi connectivity index (χ2n) is 4.57. The summed E-state index contributed by atoms with van der Waals surface area (Å²) in [6, 6.07) is 10.6. The van der Waals surface area contributed by atoms with Gasteiger partial charge in [0.05, 0.1) is 21.1 Å². The number of rotatable bonds is 2. The normalized spacial score (nSPS) is 10.5. The average molecular weight is 363 g/mol. The van der Waals surface area contributed by atoms with Gasteiger partial charge >= 0.3 is 0 Å². The maximum Gasteiger partial charge on any atom is 0.290 e. The number of anilines is 1. The zero-order chi connectivity index (χ0) is 16.6. The molecule has 0 spiro atoms. The van der Waals surface area contributed by atoms with Crippen molar-refractivity contribution in [1.82, 2.24) is 9.78 Å². The van der Waals surface area contributed by atoms with Crippen LogP contribution in [0.3, 0.4) is 0 Å². The van der Waals surface area contributed by atoms with Crippen molar-refractivity contribution >= 4 is 46.3 Å². The fraction of sp³-hybridized carbons (Fsp3) is 0. The lowest BCUT2D eigenvalue weighted by Crippen LogP contribution is -2.14. The van der Waals surface area contributed by atoms with Crippen molar-refractivity contribution in [1.29, 1.82) is 5.26 Å². The summed E-state index contributed by atoms with van der Waals surface area (Å²) < 4.78 is 1.02. The van der Waals surface area contributed by atoms with E-state index >= 15 is 0 Å². The van der Waals surface area contributed by atoms with E-state index in [-0.39, 0.29) is 17.3 Å². The molecule has 0 aliphatic heterocycles. The molecule has 0 radical (unpaired) electrons. The van der Waals surface area contributed by atoms with Crippen LogP contribution in [-0.4, -0.2) is 15.7 Å². The summed E-state index contributed by atoms with van der Waals surface area (Å²) in [5.41, 5.74) is 6.76. The predicted octanol–water partition coefficient (Wildman–Crippen LogP) is 4.06. The van der Waals surface area contributed by atoms with Gasteiger partial charge in [-0.2, -0.15) is 15.0 Å². The molecule has 3 aromatic rings. The summed E-state index contributed by atoms with van der Waals surface area (Å²) in [5.74, 6) is -0.359. The number of nitrogens with two attached hydrogens (primary N) is 1. The van der Waals surface area contributed by atoms with Gasteiger partial charge in [-0.3, -0.25) is 4.79 Å². The van der Waals surface area contributed by atoms with Gasteiger partial charge in [0.2, 0.25) is 0 Å². The Morgan fingerprint density at radius 1 is 1.26 bits per heavy atom. The number of halogens is 2. The van der Waals surface area contributed by atoms with Crippen LogP contribution in [0.1, 0.15) is 15.2 Å². The van der Waals surface area contributed by atoms with E-state index in [9.17, 15) is 4.79 Å². The minimum atomic E-state index is -0.389. The number of hydrogen-bond donors (Lipinski definition) is 1. The fourth-order valence-electron chi connectivity index (χ4n) is 1.97. The third kappa shape index (κ3) is 2.82.